The van der Waals surface area contributed by atoms with Crippen molar-refractivity contribution in [1.29, 1.82) is 0 Å². The molecule has 12 heavy (non-hydrogen) atoms. The number of carbonyl (C=O) groups excluding carboxylic acids is 1. The van der Waals surface area contributed by atoms with Crippen molar-refractivity contribution in [1.82, 2.24) is 10.6 Å². The van der Waals surface area contributed by atoms with Crippen LogP contribution in [0.3, 0.4) is 0 Å². The van der Waals surface area contributed by atoms with Gasteiger partial charge in [0.2, 0.25) is 5.91 Å². The molecule has 1 aliphatic rings. The Bertz CT molecular complexity index is 189. The SMILES string of the molecule is C#CCCNC(=O)[C@H]1CCCN1. The predicted octanol–water partition coefficient (Wildman–Crippen LogP) is -0.122. The van der Waals surface area contributed by atoms with Crippen molar-refractivity contribution in [3.63, 3.8) is 0 Å². The monoisotopic (exact) mass is 166 g/mol. The van der Waals surface area contributed by atoms with Gasteiger partial charge < -0.3 is 10.6 Å². The molecule has 0 aromatic carbocycles. The quantitative estimate of drug-likeness (QED) is 0.453. The van der Waals surface area contributed by atoms with Gasteiger partial charge in [-0.3, -0.25) is 4.79 Å². The van der Waals surface area contributed by atoms with Crippen LogP contribution >= 0.6 is 0 Å². The Hall–Kier alpha value is -1.01. The molecule has 0 aromatic heterocycles. The summed E-state index contributed by atoms with van der Waals surface area (Å²) in [5.74, 6) is 2.56. The van der Waals surface area contributed by atoms with E-state index in [1.165, 1.54) is 0 Å². The minimum Gasteiger partial charge on any atom is -0.354 e. The highest BCUT2D eigenvalue weighted by atomic mass is 16.2. The fourth-order valence-electron chi connectivity index (χ4n) is 1.29. The van der Waals surface area contributed by atoms with Crippen LogP contribution in [-0.2, 0) is 4.79 Å². The average Bonchev–Trinajstić information content (AvgIpc) is 2.56. The number of hydrogen-bond acceptors (Lipinski definition) is 2. The summed E-state index contributed by atoms with van der Waals surface area (Å²) in [4.78, 5) is 11.3. The van der Waals surface area contributed by atoms with E-state index in [-0.39, 0.29) is 11.9 Å². The Kier molecular flexibility index (Phi) is 3.62. The Morgan fingerprint density at radius 3 is 3.17 bits per heavy atom. The van der Waals surface area contributed by atoms with Gasteiger partial charge >= 0.3 is 0 Å². The highest BCUT2D eigenvalue weighted by Gasteiger charge is 2.20. The third kappa shape index (κ3) is 2.55. The first kappa shape index (κ1) is 9.08. The van der Waals surface area contributed by atoms with E-state index in [2.05, 4.69) is 16.6 Å². The van der Waals surface area contributed by atoms with Crippen LogP contribution in [-0.4, -0.2) is 25.0 Å². The molecule has 3 nitrogen and oxygen atoms in total. The highest BCUT2D eigenvalue weighted by molar-refractivity contribution is 5.81. The van der Waals surface area contributed by atoms with Crippen LogP contribution in [0.1, 0.15) is 19.3 Å². The van der Waals surface area contributed by atoms with Gasteiger partial charge in [0, 0.05) is 13.0 Å². The fourth-order valence-corrected chi connectivity index (χ4v) is 1.29. The van der Waals surface area contributed by atoms with E-state index >= 15 is 0 Å². The molecule has 1 aliphatic heterocycles. The van der Waals surface area contributed by atoms with Crippen LogP contribution in [0, 0.1) is 12.3 Å². The molecule has 0 radical (unpaired) electrons. The maximum absolute atomic E-state index is 11.3. The third-order valence-electron chi connectivity index (χ3n) is 1.95. The van der Waals surface area contributed by atoms with Crippen LogP contribution in [0.5, 0.6) is 0 Å². The lowest BCUT2D eigenvalue weighted by molar-refractivity contribution is -0.122. The third-order valence-corrected chi connectivity index (χ3v) is 1.95. The molecule has 0 unspecified atom stereocenters. The van der Waals surface area contributed by atoms with Crippen LogP contribution < -0.4 is 10.6 Å². The van der Waals surface area contributed by atoms with Crippen LogP contribution in [0.2, 0.25) is 0 Å². The lowest BCUT2D eigenvalue weighted by Gasteiger charge is -2.09. The maximum atomic E-state index is 11.3. The van der Waals surface area contributed by atoms with Gasteiger partial charge in [0.25, 0.3) is 0 Å². The summed E-state index contributed by atoms with van der Waals surface area (Å²) >= 11 is 0. The van der Waals surface area contributed by atoms with Crippen LogP contribution in [0.15, 0.2) is 0 Å². The van der Waals surface area contributed by atoms with Gasteiger partial charge in [-0.1, -0.05) is 0 Å². The van der Waals surface area contributed by atoms with Gasteiger partial charge in [0.15, 0.2) is 0 Å². The number of carbonyl (C=O) groups is 1. The largest absolute Gasteiger partial charge is 0.354 e. The molecule has 1 heterocycles. The number of amides is 1. The minimum atomic E-state index is 0.0165. The summed E-state index contributed by atoms with van der Waals surface area (Å²) in [5, 5.41) is 5.90. The van der Waals surface area contributed by atoms with E-state index < -0.39 is 0 Å². The zero-order chi connectivity index (χ0) is 8.81. The molecule has 3 heteroatoms. The van der Waals surface area contributed by atoms with E-state index in [0.29, 0.717) is 13.0 Å². The van der Waals surface area contributed by atoms with Crippen molar-refractivity contribution < 1.29 is 4.79 Å². The number of hydrogen-bond donors (Lipinski definition) is 2. The van der Waals surface area contributed by atoms with Gasteiger partial charge in [-0.05, 0) is 19.4 Å². The van der Waals surface area contributed by atoms with Crippen molar-refractivity contribution in [3.8, 4) is 12.3 Å². The molecule has 0 aliphatic carbocycles. The van der Waals surface area contributed by atoms with Gasteiger partial charge in [-0.25, -0.2) is 0 Å². The summed E-state index contributed by atoms with van der Waals surface area (Å²) in [7, 11) is 0. The number of nitrogens with one attached hydrogen (secondary N) is 2. The summed E-state index contributed by atoms with van der Waals surface area (Å²) < 4.78 is 0. The molecule has 0 aromatic rings. The molecular formula is C9H14N2O. The van der Waals surface area contributed by atoms with Crippen molar-refractivity contribution >= 4 is 5.91 Å². The smallest absolute Gasteiger partial charge is 0.237 e. The molecule has 0 spiro atoms. The van der Waals surface area contributed by atoms with Crippen molar-refractivity contribution in [3.05, 3.63) is 0 Å². The molecule has 0 saturated carbocycles. The van der Waals surface area contributed by atoms with E-state index in [1.54, 1.807) is 0 Å². The first-order chi connectivity index (χ1) is 5.84. The molecule has 2 N–H and O–H groups in total. The topological polar surface area (TPSA) is 41.1 Å². The molecule has 1 rings (SSSR count). The van der Waals surface area contributed by atoms with Crippen molar-refractivity contribution in [2.75, 3.05) is 13.1 Å². The van der Waals surface area contributed by atoms with Crippen LogP contribution in [0.25, 0.3) is 0 Å². The molecular weight excluding hydrogens is 152 g/mol. The summed E-state index contributed by atoms with van der Waals surface area (Å²) in [6.07, 6.45) is 7.70. The van der Waals surface area contributed by atoms with Gasteiger partial charge in [0.1, 0.15) is 0 Å². The second-order valence-corrected chi connectivity index (χ2v) is 2.89. The van der Waals surface area contributed by atoms with Crippen LogP contribution in [0.4, 0.5) is 0 Å². The normalized spacial score (nSPS) is 21.8. The number of rotatable bonds is 3. The second kappa shape index (κ2) is 4.78. The molecule has 1 amide bonds. The average molecular weight is 166 g/mol. The molecule has 1 saturated heterocycles. The Labute approximate surface area is 72.9 Å². The van der Waals surface area contributed by atoms with Crippen molar-refractivity contribution in [2.24, 2.45) is 0 Å². The van der Waals surface area contributed by atoms with Gasteiger partial charge in [0.05, 0.1) is 6.04 Å². The predicted molar refractivity (Wildman–Crippen MR) is 47.5 cm³/mol. The van der Waals surface area contributed by atoms with Gasteiger partial charge in [-0.2, -0.15) is 0 Å². The van der Waals surface area contributed by atoms with E-state index in [4.69, 9.17) is 6.42 Å². The first-order valence-electron chi connectivity index (χ1n) is 4.29. The Balaban J connectivity index is 2.15. The van der Waals surface area contributed by atoms with E-state index in [9.17, 15) is 4.79 Å². The summed E-state index contributed by atoms with van der Waals surface area (Å²) in [6.45, 7) is 1.54. The summed E-state index contributed by atoms with van der Waals surface area (Å²) in [5.41, 5.74) is 0. The summed E-state index contributed by atoms with van der Waals surface area (Å²) in [6, 6.07) is 0.0165. The van der Waals surface area contributed by atoms with Crippen molar-refractivity contribution in [2.45, 2.75) is 25.3 Å². The van der Waals surface area contributed by atoms with Gasteiger partial charge in [-0.15, -0.1) is 12.3 Å². The number of terminal acetylenes is 1. The van der Waals surface area contributed by atoms with E-state index in [1.807, 2.05) is 0 Å². The zero-order valence-electron chi connectivity index (χ0n) is 7.10. The molecule has 1 atom stereocenters. The maximum Gasteiger partial charge on any atom is 0.237 e. The minimum absolute atomic E-state index is 0.0165. The highest BCUT2D eigenvalue weighted by Crippen LogP contribution is 2.03. The Morgan fingerprint density at radius 2 is 2.58 bits per heavy atom. The zero-order valence-corrected chi connectivity index (χ0v) is 7.10. The lowest BCUT2D eigenvalue weighted by Crippen LogP contribution is -2.40. The first-order valence-corrected chi connectivity index (χ1v) is 4.29. The molecule has 66 valence electrons. The Morgan fingerprint density at radius 1 is 1.75 bits per heavy atom. The fraction of sp³-hybridized carbons (Fsp3) is 0.667. The van der Waals surface area contributed by atoms with E-state index in [0.717, 1.165) is 19.4 Å². The molecule has 0 bridgehead atoms. The molecule has 1 fully saturated rings. The second-order valence-electron chi connectivity index (χ2n) is 2.89. The lowest BCUT2D eigenvalue weighted by atomic mass is 10.2. The standard InChI is InChI=1S/C9H14N2O/c1-2-3-6-11-9(12)8-5-4-7-10-8/h1,8,10H,3-7H2,(H,11,12)/t8-/m1/s1.